The third kappa shape index (κ3) is 4.09. The molecule has 27 heavy (non-hydrogen) atoms. The van der Waals surface area contributed by atoms with Crippen molar-refractivity contribution in [3.63, 3.8) is 0 Å². The molecule has 0 saturated heterocycles. The van der Waals surface area contributed by atoms with Gasteiger partial charge in [-0.3, -0.25) is 9.59 Å². The normalized spacial score (nSPS) is 10.5. The zero-order valence-electron chi connectivity index (χ0n) is 15.2. The molecule has 1 aromatic heterocycles. The molecule has 0 radical (unpaired) electrons. The summed E-state index contributed by atoms with van der Waals surface area (Å²) in [5, 5.41) is 7.20. The van der Waals surface area contributed by atoms with Gasteiger partial charge in [0.2, 0.25) is 5.91 Å². The van der Waals surface area contributed by atoms with Crippen LogP contribution in [0.5, 0.6) is 0 Å². The lowest BCUT2D eigenvalue weighted by Gasteiger charge is -2.15. The first-order valence-corrected chi connectivity index (χ1v) is 9.12. The molecule has 7 heteroatoms. The average Bonchev–Trinajstić information content (AvgIpc) is 3.04. The molecule has 0 saturated carbocycles. The predicted molar refractivity (Wildman–Crippen MR) is 109 cm³/mol. The SMILES string of the molecule is CC(=O)N(C)c1ccc(NC(=O)c2cnn(-c3ccc(Br)cc3)c2C)cc1. The molecule has 2 amide bonds. The maximum absolute atomic E-state index is 12.6. The Labute approximate surface area is 165 Å². The van der Waals surface area contributed by atoms with Crippen LogP contribution in [0, 0.1) is 6.92 Å². The van der Waals surface area contributed by atoms with Gasteiger partial charge in [0, 0.05) is 29.8 Å². The van der Waals surface area contributed by atoms with Crippen molar-refractivity contribution in [1.82, 2.24) is 9.78 Å². The number of anilines is 2. The maximum atomic E-state index is 12.6. The highest BCUT2D eigenvalue weighted by Crippen LogP contribution is 2.20. The summed E-state index contributed by atoms with van der Waals surface area (Å²) in [4.78, 5) is 25.6. The van der Waals surface area contributed by atoms with Crippen molar-refractivity contribution < 1.29 is 9.59 Å². The smallest absolute Gasteiger partial charge is 0.259 e. The van der Waals surface area contributed by atoms with Crippen molar-refractivity contribution >= 4 is 39.1 Å². The summed E-state index contributed by atoms with van der Waals surface area (Å²) < 4.78 is 2.71. The number of rotatable bonds is 4. The summed E-state index contributed by atoms with van der Waals surface area (Å²) in [7, 11) is 1.70. The molecular weight excluding hydrogens is 408 g/mol. The van der Waals surface area contributed by atoms with Crippen molar-refractivity contribution in [3.05, 3.63) is 70.5 Å². The van der Waals surface area contributed by atoms with Crippen LogP contribution in [0.25, 0.3) is 5.69 Å². The molecule has 6 nitrogen and oxygen atoms in total. The Bertz CT molecular complexity index is 978. The maximum Gasteiger partial charge on any atom is 0.259 e. The number of hydrogen-bond acceptors (Lipinski definition) is 3. The number of hydrogen-bond donors (Lipinski definition) is 1. The van der Waals surface area contributed by atoms with Gasteiger partial charge in [0.15, 0.2) is 0 Å². The van der Waals surface area contributed by atoms with Gasteiger partial charge >= 0.3 is 0 Å². The van der Waals surface area contributed by atoms with E-state index in [9.17, 15) is 9.59 Å². The van der Waals surface area contributed by atoms with E-state index in [1.807, 2.05) is 31.2 Å². The fraction of sp³-hybridized carbons (Fsp3) is 0.150. The van der Waals surface area contributed by atoms with Crippen LogP contribution in [-0.2, 0) is 4.79 Å². The topological polar surface area (TPSA) is 67.2 Å². The standard InChI is InChI=1S/C20H19BrN4O2/c1-13-19(12-22-25(13)18-8-4-15(21)5-9-18)20(27)23-16-6-10-17(11-7-16)24(3)14(2)26/h4-12H,1-3H3,(H,23,27). The molecule has 0 spiro atoms. The molecule has 0 atom stereocenters. The number of halogens is 1. The molecule has 1 N–H and O–H groups in total. The van der Waals surface area contributed by atoms with Crippen LogP contribution in [0.2, 0.25) is 0 Å². The van der Waals surface area contributed by atoms with E-state index in [-0.39, 0.29) is 11.8 Å². The fourth-order valence-corrected chi connectivity index (χ4v) is 2.89. The van der Waals surface area contributed by atoms with Crippen LogP contribution >= 0.6 is 15.9 Å². The Morgan fingerprint density at radius 3 is 2.30 bits per heavy atom. The number of nitrogens with zero attached hydrogens (tertiary/aromatic N) is 3. The van der Waals surface area contributed by atoms with Crippen LogP contribution in [0.1, 0.15) is 23.0 Å². The molecule has 0 aliphatic rings. The first kappa shape index (κ1) is 18.8. The average molecular weight is 427 g/mol. The Balaban J connectivity index is 1.77. The number of nitrogens with one attached hydrogen (secondary N) is 1. The lowest BCUT2D eigenvalue weighted by Crippen LogP contribution is -2.22. The van der Waals surface area contributed by atoms with E-state index in [1.54, 1.807) is 42.2 Å². The zero-order valence-corrected chi connectivity index (χ0v) is 16.8. The lowest BCUT2D eigenvalue weighted by atomic mass is 10.2. The summed E-state index contributed by atoms with van der Waals surface area (Å²) >= 11 is 3.41. The first-order valence-electron chi connectivity index (χ1n) is 8.33. The van der Waals surface area contributed by atoms with E-state index >= 15 is 0 Å². The van der Waals surface area contributed by atoms with Crippen LogP contribution in [0.15, 0.2) is 59.2 Å². The van der Waals surface area contributed by atoms with E-state index in [4.69, 9.17) is 0 Å². The Kier molecular flexibility index (Phi) is 5.41. The van der Waals surface area contributed by atoms with Crippen LogP contribution in [-0.4, -0.2) is 28.6 Å². The van der Waals surface area contributed by atoms with Gasteiger partial charge in [-0.25, -0.2) is 4.68 Å². The van der Waals surface area contributed by atoms with E-state index in [1.165, 1.54) is 11.8 Å². The molecule has 0 bridgehead atoms. The number of aromatic nitrogens is 2. The second-order valence-corrected chi connectivity index (χ2v) is 7.03. The molecule has 0 aliphatic carbocycles. The van der Waals surface area contributed by atoms with Crippen LogP contribution in [0.4, 0.5) is 11.4 Å². The Morgan fingerprint density at radius 1 is 1.07 bits per heavy atom. The third-order valence-electron chi connectivity index (χ3n) is 4.31. The van der Waals surface area contributed by atoms with Gasteiger partial charge < -0.3 is 10.2 Å². The Morgan fingerprint density at radius 2 is 1.70 bits per heavy atom. The van der Waals surface area contributed by atoms with Crippen molar-refractivity contribution in [2.75, 3.05) is 17.3 Å². The third-order valence-corrected chi connectivity index (χ3v) is 4.84. The highest BCUT2D eigenvalue weighted by atomic mass is 79.9. The minimum absolute atomic E-state index is 0.0530. The van der Waals surface area contributed by atoms with Gasteiger partial charge in [0.05, 0.1) is 23.1 Å². The number of carbonyl (C=O) groups is 2. The van der Waals surface area contributed by atoms with Gasteiger partial charge in [0.25, 0.3) is 5.91 Å². The van der Waals surface area contributed by atoms with E-state index in [0.29, 0.717) is 11.3 Å². The molecule has 0 aliphatic heterocycles. The first-order chi connectivity index (χ1) is 12.9. The highest BCUT2D eigenvalue weighted by Gasteiger charge is 2.15. The lowest BCUT2D eigenvalue weighted by molar-refractivity contribution is -0.116. The van der Waals surface area contributed by atoms with Crippen molar-refractivity contribution in [3.8, 4) is 5.69 Å². The predicted octanol–water partition coefficient (Wildman–Crippen LogP) is 4.18. The summed E-state index contributed by atoms with van der Waals surface area (Å²) in [5.41, 5.74) is 3.55. The fourth-order valence-electron chi connectivity index (χ4n) is 2.62. The zero-order chi connectivity index (χ0) is 19.6. The molecule has 3 rings (SSSR count). The van der Waals surface area contributed by atoms with Gasteiger partial charge in [-0.1, -0.05) is 15.9 Å². The highest BCUT2D eigenvalue weighted by molar-refractivity contribution is 9.10. The van der Waals surface area contributed by atoms with E-state index in [0.717, 1.165) is 21.5 Å². The van der Waals surface area contributed by atoms with Crippen LogP contribution in [0.3, 0.4) is 0 Å². The number of carbonyl (C=O) groups excluding carboxylic acids is 2. The molecule has 0 fully saturated rings. The van der Waals surface area contributed by atoms with E-state index < -0.39 is 0 Å². The van der Waals surface area contributed by atoms with Gasteiger partial charge in [-0.2, -0.15) is 5.10 Å². The van der Waals surface area contributed by atoms with Crippen molar-refractivity contribution in [1.29, 1.82) is 0 Å². The van der Waals surface area contributed by atoms with Gasteiger partial charge in [-0.15, -0.1) is 0 Å². The Hall–Kier alpha value is -2.93. The summed E-state index contributed by atoms with van der Waals surface area (Å²) in [5.74, 6) is -0.286. The van der Waals surface area contributed by atoms with E-state index in [2.05, 4.69) is 26.3 Å². The number of amides is 2. The molecular formula is C20H19BrN4O2. The van der Waals surface area contributed by atoms with Gasteiger partial charge in [0.1, 0.15) is 0 Å². The van der Waals surface area contributed by atoms with Crippen LogP contribution < -0.4 is 10.2 Å². The molecule has 3 aromatic rings. The summed E-state index contributed by atoms with van der Waals surface area (Å²) in [6.45, 7) is 3.36. The molecule has 0 unspecified atom stereocenters. The second kappa shape index (κ2) is 7.75. The van der Waals surface area contributed by atoms with Crippen molar-refractivity contribution in [2.45, 2.75) is 13.8 Å². The minimum atomic E-state index is -0.233. The van der Waals surface area contributed by atoms with Gasteiger partial charge in [-0.05, 0) is 55.5 Å². The second-order valence-electron chi connectivity index (χ2n) is 6.11. The summed E-state index contributed by atoms with van der Waals surface area (Å²) in [6.07, 6.45) is 1.56. The quantitative estimate of drug-likeness (QED) is 0.680. The monoisotopic (exact) mass is 426 g/mol. The largest absolute Gasteiger partial charge is 0.322 e. The minimum Gasteiger partial charge on any atom is -0.322 e. The molecule has 2 aromatic carbocycles. The molecule has 138 valence electrons. The molecule has 1 heterocycles. The number of benzene rings is 2. The van der Waals surface area contributed by atoms with Crippen molar-refractivity contribution in [2.24, 2.45) is 0 Å². The summed E-state index contributed by atoms with van der Waals surface area (Å²) in [6, 6.07) is 14.8.